The molecule has 2 aromatic rings. The second kappa shape index (κ2) is 6.76. The zero-order chi connectivity index (χ0) is 19.1. The third kappa shape index (κ3) is 3.09. The lowest BCUT2D eigenvalue weighted by atomic mass is 9.87. The quantitative estimate of drug-likeness (QED) is 0.893. The fourth-order valence-electron chi connectivity index (χ4n) is 3.56. The molecule has 2 aromatic carbocycles. The molecule has 6 heteroatoms. The minimum absolute atomic E-state index is 0.251. The first-order valence-corrected chi connectivity index (χ1v) is 10.2. The van der Waals surface area contributed by atoms with E-state index in [1.807, 2.05) is 19.1 Å². The fourth-order valence-corrected chi connectivity index (χ4v) is 5.25. The van der Waals surface area contributed by atoms with Crippen molar-refractivity contribution in [2.24, 2.45) is 5.73 Å². The number of para-hydroxylation sites is 1. The summed E-state index contributed by atoms with van der Waals surface area (Å²) in [6, 6.07) is 13.7. The molecule has 3 rings (SSSR count). The van der Waals surface area contributed by atoms with Crippen molar-refractivity contribution in [2.75, 3.05) is 4.31 Å². The number of nitrogens with two attached hydrogens (primary N) is 1. The van der Waals surface area contributed by atoms with E-state index in [-0.39, 0.29) is 10.9 Å². The maximum atomic E-state index is 13.3. The maximum Gasteiger partial charge on any atom is 0.264 e. The van der Waals surface area contributed by atoms with Crippen LogP contribution in [0.1, 0.15) is 50.2 Å². The number of nitrogens with zero attached hydrogens (tertiary/aromatic N) is 1. The van der Waals surface area contributed by atoms with Gasteiger partial charge in [-0.3, -0.25) is 9.10 Å². The average molecular weight is 372 g/mol. The topological polar surface area (TPSA) is 80.5 Å². The maximum absolute atomic E-state index is 13.3. The van der Waals surface area contributed by atoms with Crippen LogP contribution in [0.3, 0.4) is 0 Å². The Hall–Kier alpha value is -2.34. The first-order valence-electron chi connectivity index (χ1n) is 8.76. The van der Waals surface area contributed by atoms with Crippen molar-refractivity contribution in [1.29, 1.82) is 0 Å². The van der Waals surface area contributed by atoms with Crippen molar-refractivity contribution in [2.45, 2.75) is 50.0 Å². The van der Waals surface area contributed by atoms with Gasteiger partial charge >= 0.3 is 0 Å². The summed E-state index contributed by atoms with van der Waals surface area (Å²) in [7, 11) is -3.73. The number of hydrogen-bond acceptors (Lipinski definition) is 3. The van der Waals surface area contributed by atoms with Gasteiger partial charge in [-0.2, -0.15) is 0 Å². The van der Waals surface area contributed by atoms with Crippen LogP contribution in [0, 0.1) is 0 Å². The average Bonchev–Trinajstić information content (AvgIpc) is 2.60. The first-order chi connectivity index (χ1) is 12.2. The van der Waals surface area contributed by atoms with Gasteiger partial charge in [-0.1, -0.05) is 44.2 Å². The molecule has 0 aromatic heterocycles. The Balaban J connectivity index is 2.09. The highest BCUT2D eigenvalue weighted by Crippen LogP contribution is 2.41. The van der Waals surface area contributed by atoms with Crippen LogP contribution in [0.15, 0.2) is 53.4 Å². The van der Waals surface area contributed by atoms with E-state index in [1.165, 1.54) is 4.31 Å². The molecule has 2 N–H and O–H groups in total. The number of carbonyl (C=O) groups excluding carboxylic acids is 1. The molecule has 1 aliphatic heterocycles. The summed E-state index contributed by atoms with van der Waals surface area (Å²) in [4.78, 5) is 12.1. The molecule has 0 saturated carbocycles. The molecule has 1 aliphatic rings. The molecule has 0 aliphatic carbocycles. The molecule has 1 amide bonds. The van der Waals surface area contributed by atoms with Crippen molar-refractivity contribution in [3.8, 4) is 0 Å². The molecular weight excluding hydrogens is 348 g/mol. The highest BCUT2D eigenvalue weighted by atomic mass is 32.2. The van der Waals surface area contributed by atoms with Gasteiger partial charge in [0.25, 0.3) is 10.0 Å². The summed E-state index contributed by atoms with van der Waals surface area (Å²) in [6.07, 6.45) is 0.371. The summed E-state index contributed by atoms with van der Waals surface area (Å²) in [5.74, 6) is -0.573. The second-order valence-electron chi connectivity index (χ2n) is 7.12. The Morgan fingerprint density at radius 1 is 1.12 bits per heavy atom. The molecule has 0 spiro atoms. The van der Waals surface area contributed by atoms with E-state index >= 15 is 0 Å². The van der Waals surface area contributed by atoms with Gasteiger partial charge < -0.3 is 5.73 Å². The third-order valence-electron chi connectivity index (χ3n) is 4.97. The van der Waals surface area contributed by atoms with E-state index in [4.69, 9.17) is 5.73 Å². The van der Waals surface area contributed by atoms with Crippen LogP contribution in [-0.2, 0) is 14.8 Å². The number of fused-ring (bicyclic) bond motifs is 1. The monoisotopic (exact) mass is 372 g/mol. The molecule has 1 heterocycles. The molecule has 0 fully saturated rings. The summed E-state index contributed by atoms with van der Waals surface area (Å²) in [5.41, 5.74) is 7.83. The Morgan fingerprint density at radius 2 is 1.73 bits per heavy atom. The molecular formula is C20H24N2O3S. The molecule has 0 bridgehead atoms. The number of primary amides is 1. The number of carbonyl (C=O) groups is 1. The molecule has 2 atom stereocenters. The lowest BCUT2D eigenvalue weighted by molar-refractivity contribution is -0.119. The van der Waals surface area contributed by atoms with Crippen LogP contribution in [0.2, 0.25) is 0 Å². The van der Waals surface area contributed by atoms with Crippen LogP contribution in [0.4, 0.5) is 5.69 Å². The van der Waals surface area contributed by atoms with Gasteiger partial charge in [-0.05, 0) is 48.6 Å². The van der Waals surface area contributed by atoms with Gasteiger partial charge in [-0.25, -0.2) is 8.42 Å². The normalized spacial score (nSPS) is 20.1. The van der Waals surface area contributed by atoms with E-state index < -0.39 is 21.8 Å². The third-order valence-corrected chi connectivity index (χ3v) is 6.92. The highest BCUT2D eigenvalue weighted by Gasteiger charge is 2.39. The van der Waals surface area contributed by atoms with Crippen molar-refractivity contribution in [3.05, 3.63) is 59.7 Å². The standard InChI is InChI=1S/C20H24N2O3S/c1-13(2)15-8-10-16(11-9-15)26(24,25)22-14(3)12-18(20(21)23)17-6-4-5-7-19(17)22/h4-11,13-14,18H,12H2,1-3H3,(H2,21,23)/t14-,18-/m1/s1. The summed E-state index contributed by atoms with van der Waals surface area (Å²) < 4.78 is 28.1. The minimum atomic E-state index is -3.73. The summed E-state index contributed by atoms with van der Waals surface area (Å²) >= 11 is 0. The minimum Gasteiger partial charge on any atom is -0.369 e. The Labute approximate surface area is 154 Å². The van der Waals surface area contributed by atoms with Gasteiger partial charge in [0.2, 0.25) is 5.91 Å². The SMILES string of the molecule is CC(C)c1ccc(S(=O)(=O)N2c3ccccc3[C@H](C(N)=O)C[C@H]2C)cc1. The van der Waals surface area contributed by atoms with Crippen LogP contribution in [-0.4, -0.2) is 20.4 Å². The van der Waals surface area contributed by atoms with Gasteiger partial charge in [-0.15, -0.1) is 0 Å². The fraction of sp³-hybridized carbons (Fsp3) is 0.350. The Kier molecular flexibility index (Phi) is 4.80. The van der Waals surface area contributed by atoms with Crippen molar-refractivity contribution < 1.29 is 13.2 Å². The Morgan fingerprint density at radius 3 is 2.31 bits per heavy atom. The summed E-state index contributed by atoms with van der Waals surface area (Å²) in [6.45, 7) is 5.94. The number of anilines is 1. The number of amides is 1. The number of rotatable bonds is 4. The lowest BCUT2D eigenvalue weighted by Gasteiger charge is -2.38. The van der Waals surface area contributed by atoms with Gasteiger partial charge in [0.1, 0.15) is 0 Å². The van der Waals surface area contributed by atoms with Crippen LogP contribution in [0.25, 0.3) is 0 Å². The van der Waals surface area contributed by atoms with Crippen molar-refractivity contribution in [3.63, 3.8) is 0 Å². The highest BCUT2D eigenvalue weighted by molar-refractivity contribution is 7.92. The predicted molar refractivity (Wildman–Crippen MR) is 103 cm³/mol. The van der Waals surface area contributed by atoms with Gasteiger partial charge in [0, 0.05) is 6.04 Å². The van der Waals surface area contributed by atoms with E-state index in [0.717, 1.165) is 5.56 Å². The molecule has 0 saturated heterocycles. The van der Waals surface area contributed by atoms with Crippen LogP contribution >= 0.6 is 0 Å². The summed E-state index contributed by atoms with van der Waals surface area (Å²) in [5, 5.41) is 0. The van der Waals surface area contributed by atoms with Gasteiger partial charge in [0.05, 0.1) is 16.5 Å². The van der Waals surface area contributed by atoms with E-state index in [0.29, 0.717) is 23.6 Å². The molecule has 26 heavy (non-hydrogen) atoms. The van der Waals surface area contributed by atoms with E-state index in [1.54, 1.807) is 36.4 Å². The Bertz CT molecular complexity index is 920. The van der Waals surface area contributed by atoms with Crippen LogP contribution < -0.4 is 10.0 Å². The van der Waals surface area contributed by atoms with Crippen molar-refractivity contribution in [1.82, 2.24) is 0 Å². The largest absolute Gasteiger partial charge is 0.369 e. The van der Waals surface area contributed by atoms with E-state index in [9.17, 15) is 13.2 Å². The van der Waals surface area contributed by atoms with Gasteiger partial charge in [0.15, 0.2) is 0 Å². The van der Waals surface area contributed by atoms with Crippen molar-refractivity contribution >= 4 is 21.6 Å². The number of benzene rings is 2. The zero-order valence-electron chi connectivity index (χ0n) is 15.2. The van der Waals surface area contributed by atoms with E-state index in [2.05, 4.69) is 13.8 Å². The lowest BCUT2D eigenvalue weighted by Crippen LogP contribution is -2.45. The second-order valence-corrected chi connectivity index (χ2v) is 8.94. The van der Waals surface area contributed by atoms with Crippen LogP contribution in [0.5, 0.6) is 0 Å². The zero-order valence-corrected chi connectivity index (χ0v) is 16.0. The molecule has 0 radical (unpaired) electrons. The predicted octanol–water partition coefficient (Wildman–Crippen LogP) is 3.37. The molecule has 138 valence electrons. The molecule has 5 nitrogen and oxygen atoms in total. The first kappa shape index (κ1) is 18.5. The number of hydrogen-bond donors (Lipinski definition) is 1. The molecule has 0 unspecified atom stereocenters. The smallest absolute Gasteiger partial charge is 0.264 e. The number of sulfonamides is 1.